The van der Waals surface area contributed by atoms with Gasteiger partial charge in [-0.15, -0.1) is 10.2 Å². The van der Waals surface area contributed by atoms with E-state index >= 15 is 0 Å². The van der Waals surface area contributed by atoms with E-state index in [-0.39, 0.29) is 10.3 Å². The minimum absolute atomic E-state index is 0.0704. The Morgan fingerprint density at radius 3 is 2.79 bits per heavy atom. The maximum atomic E-state index is 13.1. The second-order valence-electron chi connectivity index (χ2n) is 3.32. The number of carbonyl (C=O) groups is 1. The highest BCUT2D eigenvalue weighted by atomic mass is 32.1. The number of nitrogens with two attached hydrogens (primary N) is 1. The zero-order chi connectivity index (χ0) is 14.0. The smallest absolute Gasteiger partial charge is 0.282 e. The summed E-state index contributed by atoms with van der Waals surface area (Å²) < 4.78 is 13.1. The van der Waals surface area contributed by atoms with Crippen LogP contribution in [-0.4, -0.2) is 21.0 Å². The van der Waals surface area contributed by atoms with Crippen molar-refractivity contribution in [2.45, 2.75) is 0 Å². The number of anilines is 2. The number of nitrogens with zero attached hydrogens (tertiary/aromatic N) is 3. The number of benzene rings is 1. The number of rotatable bonds is 3. The molecule has 8 nitrogen and oxygen atoms in total. The zero-order valence-electron chi connectivity index (χ0n) is 9.16. The number of carbonyl (C=O) groups excluding carboxylic acids is 1. The molecular weight excluding hydrogens is 277 g/mol. The lowest BCUT2D eigenvalue weighted by Gasteiger charge is -2.02. The first-order valence-electron chi connectivity index (χ1n) is 4.81. The van der Waals surface area contributed by atoms with Crippen LogP contribution in [0.4, 0.5) is 20.3 Å². The fourth-order valence-corrected chi connectivity index (χ4v) is 1.80. The summed E-state index contributed by atoms with van der Waals surface area (Å²) in [6.07, 6.45) is 0. The summed E-state index contributed by atoms with van der Waals surface area (Å²) in [6, 6.07) is 2.59. The lowest BCUT2D eigenvalue weighted by molar-refractivity contribution is -0.385. The third-order valence-electron chi connectivity index (χ3n) is 2.06. The van der Waals surface area contributed by atoms with Crippen LogP contribution in [0.1, 0.15) is 10.4 Å². The first-order chi connectivity index (χ1) is 8.97. The molecule has 2 rings (SSSR count). The Morgan fingerprint density at radius 2 is 2.21 bits per heavy atom. The third-order valence-corrected chi connectivity index (χ3v) is 2.73. The molecule has 0 saturated heterocycles. The van der Waals surface area contributed by atoms with Gasteiger partial charge in [0, 0.05) is 6.07 Å². The van der Waals surface area contributed by atoms with Gasteiger partial charge in [0.15, 0.2) is 0 Å². The van der Waals surface area contributed by atoms with E-state index in [4.69, 9.17) is 5.73 Å². The van der Waals surface area contributed by atoms with Gasteiger partial charge in [0.25, 0.3) is 11.6 Å². The van der Waals surface area contributed by atoms with E-state index in [0.29, 0.717) is 0 Å². The molecule has 0 radical (unpaired) electrons. The normalized spacial score (nSPS) is 10.2. The van der Waals surface area contributed by atoms with Gasteiger partial charge in [-0.1, -0.05) is 11.3 Å². The van der Waals surface area contributed by atoms with E-state index < -0.39 is 27.9 Å². The van der Waals surface area contributed by atoms with Gasteiger partial charge in [-0.05, 0) is 12.1 Å². The molecule has 0 spiro atoms. The molecule has 0 atom stereocenters. The molecule has 0 aliphatic heterocycles. The van der Waals surface area contributed by atoms with Gasteiger partial charge in [-0.3, -0.25) is 20.2 Å². The van der Waals surface area contributed by atoms with Gasteiger partial charge in [-0.2, -0.15) is 0 Å². The van der Waals surface area contributed by atoms with Crippen molar-refractivity contribution >= 4 is 33.2 Å². The van der Waals surface area contributed by atoms with Crippen LogP contribution < -0.4 is 11.1 Å². The van der Waals surface area contributed by atoms with Crippen molar-refractivity contribution in [2.24, 2.45) is 0 Å². The minimum atomic E-state index is -0.859. The Balaban J connectivity index is 2.32. The molecule has 1 amide bonds. The van der Waals surface area contributed by atoms with Crippen molar-refractivity contribution in [3.8, 4) is 0 Å². The number of halogens is 1. The second-order valence-corrected chi connectivity index (χ2v) is 4.33. The Morgan fingerprint density at radius 1 is 1.47 bits per heavy atom. The van der Waals surface area contributed by atoms with Crippen molar-refractivity contribution in [1.29, 1.82) is 0 Å². The molecule has 2 aromatic rings. The lowest BCUT2D eigenvalue weighted by Crippen LogP contribution is -2.14. The highest BCUT2D eigenvalue weighted by Crippen LogP contribution is 2.22. The van der Waals surface area contributed by atoms with Crippen molar-refractivity contribution in [3.63, 3.8) is 0 Å². The lowest BCUT2D eigenvalue weighted by atomic mass is 10.1. The third kappa shape index (κ3) is 2.80. The number of hydrogen-bond donors (Lipinski definition) is 2. The van der Waals surface area contributed by atoms with Crippen LogP contribution in [0.15, 0.2) is 18.2 Å². The predicted octanol–water partition coefficient (Wildman–Crippen LogP) is 1.42. The van der Waals surface area contributed by atoms with Crippen LogP contribution in [0.3, 0.4) is 0 Å². The quantitative estimate of drug-likeness (QED) is 0.648. The number of nitro groups is 1. The Bertz CT molecular complexity index is 659. The van der Waals surface area contributed by atoms with E-state index in [1.54, 1.807) is 0 Å². The molecule has 1 aromatic heterocycles. The average molecular weight is 283 g/mol. The number of nitro benzene ring substituents is 1. The van der Waals surface area contributed by atoms with E-state index in [9.17, 15) is 19.3 Å². The summed E-state index contributed by atoms with van der Waals surface area (Å²) in [4.78, 5) is 21.8. The summed E-state index contributed by atoms with van der Waals surface area (Å²) in [6.45, 7) is 0. The maximum absolute atomic E-state index is 13.1. The molecule has 1 aromatic carbocycles. The molecule has 19 heavy (non-hydrogen) atoms. The average Bonchev–Trinajstić information content (AvgIpc) is 2.74. The summed E-state index contributed by atoms with van der Waals surface area (Å²) >= 11 is 0.889. The summed E-state index contributed by atoms with van der Waals surface area (Å²) in [5, 5.41) is 20.2. The van der Waals surface area contributed by atoms with Crippen LogP contribution in [-0.2, 0) is 0 Å². The SMILES string of the molecule is Nc1nnc(NC(=O)c2cc(F)ccc2[N+](=O)[O-])s1. The number of nitrogens with one attached hydrogen (secondary N) is 1. The van der Waals surface area contributed by atoms with Crippen molar-refractivity contribution < 1.29 is 14.1 Å². The van der Waals surface area contributed by atoms with Crippen molar-refractivity contribution in [1.82, 2.24) is 10.2 Å². The number of aromatic nitrogens is 2. The van der Waals surface area contributed by atoms with Crippen molar-refractivity contribution in [3.05, 3.63) is 39.7 Å². The summed E-state index contributed by atoms with van der Waals surface area (Å²) in [7, 11) is 0. The highest BCUT2D eigenvalue weighted by Gasteiger charge is 2.21. The van der Waals surface area contributed by atoms with Gasteiger partial charge >= 0.3 is 0 Å². The molecule has 98 valence electrons. The second kappa shape index (κ2) is 4.94. The zero-order valence-corrected chi connectivity index (χ0v) is 9.98. The molecule has 10 heteroatoms. The molecule has 0 fully saturated rings. The maximum Gasteiger partial charge on any atom is 0.282 e. The molecule has 0 saturated carbocycles. The van der Waals surface area contributed by atoms with Gasteiger partial charge < -0.3 is 5.73 Å². The first kappa shape index (κ1) is 12.8. The van der Waals surface area contributed by atoms with Crippen LogP contribution in [0.25, 0.3) is 0 Å². The highest BCUT2D eigenvalue weighted by molar-refractivity contribution is 7.19. The van der Waals surface area contributed by atoms with Gasteiger partial charge in [-0.25, -0.2) is 4.39 Å². The number of amides is 1. The molecule has 3 N–H and O–H groups in total. The topological polar surface area (TPSA) is 124 Å². The molecule has 0 unspecified atom stereocenters. The molecular formula is C9H6FN5O3S. The van der Waals surface area contributed by atoms with E-state index in [0.717, 1.165) is 29.5 Å². The fraction of sp³-hybridized carbons (Fsp3) is 0. The van der Waals surface area contributed by atoms with E-state index in [1.165, 1.54) is 0 Å². The molecule has 0 aliphatic carbocycles. The number of hydrogen-bond acceptors (Lipinski definition) is 7. The monoisotopic (exact) mass is 283 g/mol. The molecule has 0 bridgehead atoms. The largest absolute Gasteiger partial charge is 0.374 e. The summed E-state index contributed by atoms with van der Waals surface area (Å²) in [5.41, 5.74) is 4.41. The van der Waals surface area contributed by atoms with Gasteiger partial charge in [0.2, 0.25) is 10.3 Å². The molecule has 1 heterocycles. The van der Waals surface area contributed by atoms with Crippen LogP contribution in [0, 0.1) is 15.9 Å². The van der Waals surface area contributed by atoms with Crippen LogP contribution in [0.5, 0.6) is 0 Å². The fourth-order valence-electron chi connectivity index (χ4n) is 1.30. The predicted molar refractivity (Wildman–Crippen MR) is 65.3 cm³/mol. The number of nitrogen functional groups attached to an aromatic ring is 1. The van der Waals surface area contributed by atoms with Crippen LogP contribution >= 0.6 is 11.3 Å². The Hall–Kier alpha value is -2.62. The first-order valence-corrected chi connectivity index (χ1v) is 5.63. The van der Waals surface area contributed by atoms with E-state index in [2.05, 4.69) is 15.5 Å². The minimum Gasteiger partial charge on any atom is -0.374 e. The standard InChI is InChI=1S/C9H6FN5O3S/c10-4-1-2-6(15(17)18)5(3-4)7(16)12-9-14-13-8(11)19-9/h1-3H,(H2,11,13)(H,12,14,16). The van der Waals surface area contributed by atoms with Crippen LogP contribution in [0.2, 0.25) is 0 Å². The van der Waals surface area contributed by atoms with Gasteiger partial charge in [0.1, 0.15) is 11.4 Å². The van der Waals surface area contributed by atoms with Crippen molar-refractivity contribution in [2.75, 3.05) is 11.1 Å². The Labute approximate surface area is 109 Å². The van der Waals surface area contributed by atoms with Gasteiger partial charge in [0.05, 0.1) is 4.92 Å². The Kier molecular flexibility index (Phi) is 3.33. The molecule has 0 aliphatic rings. The summed E-state index contributed by atoms with van der Waals surface area (Å²) in [5.74, 6) is -1.62. The van der Waals surface area contributed by atoms with E-state index in [1.807, 2.05) is 0 Å².